The van der Waals surface area contributed by atoms with Crippen LogP contribution in [0.15, 0.2) is 32.8 Å². The van der Waals surface area contributed by atoms with Crippen LogP contribution in [0.2, 0.25) is 0 Å². The predicted molar refractivity (Wildman–Crippen MR) is 82.2 cm³/mol. The lowest BCUT2D eigenvalue weighted by molar-refractivity contribution is -0.119. The van der Waals surface area contributed by atoms with Crippen LogP contribution >= 0.6 is 27.3 Å². The quantitative estimate of drug-likeness (QED) is 0.801. The number of hydrogen-bond acceptors (Lipinski definition) is 4. The van der Waals surface area contributed by atoms with Gasteiger partial charge in [-0.2, -0.15) is 0 Å². The zero-order valence-electron chi connectivity index (χ0n) is 10.2. The number of rotatable bonds is 1. The second-order valence-corrected chi connectivity index (χ2v) is 6.44. The van der Waals surface area contributed by atoms with Gasteiger partial charge in [0.05, 0.1) is 5.69 Å². The number of Topliss-reactive ketones (excluding diaryl/α,β-unsaturated/α-hetero) is 1. The second-order valence-electron chi connectivity index (χ2n) is 4.62. The van der Waals surface area contributed by atoms with Crippen molar-refractivity contribution in [2.45, 2.75) is 12.8 Å². The van der Waals surface area contributed by atoms with Gasteiger partial charge in [-0.25, -0.2) is 0 Å². The van der Waals surface area contributed by atoms with Crippen molar-refractivity contribution in [2.75, 3.05) is 18.0 Å². The third-order valence-electron chi connectivity index (χ3n) is 3.38. The molecule has 0 aliphatic carbocycles. The smallest absolute Gasteiger partial charge is 0.211 e. The van der Waals surface area contributed by atoms with Gasteiger partial charge in [-0.05, 0) is 18.2 Å². The lowest BCUT2D eigenvalue weighted by Crippen LogP contribution is -2.36. The van der Waals surface area contributed by atoms with Crippen molar-refractivity contribution in [1.82, 2.24) is 0 Å². The standard InChI is InChI=1S/C14H12BrNO2S/c15-9-1-2-13-11(7-9)14(18)12(8-19-13)16-5-3-10(17)4-6-16/h1-2,7-8H,3-6H2. The van der Waals surface area contributed by atoms with Crippen molar-refractivity contribution in [3.05, 3.63) is 38.3 Å². The van der Waals surface area contributed by atoms with Crippen LogP contribution in [-0.4, -0.2) is 18.9 Å². The van der Waals surface area contributed by atoms with E-state index >= 15 is 0 Å². The van der Waals surface area contributed by atoms with E-state index in [-0.39, 0.29) is 11.2 Å². The van der Waals surface area contributed by atoms with E-state index < -0.39 is 0 Å². The fraction of sp³-hybridized carbons (Fsp3) is 0.286. The summed E-state index contributed by atoms with van der Waals surface area (Å²) in [5.74, 6) is 0.288. The van der Waals surface area contributed by atoms with Crippen LogP contribution in [0.4, 0.5) is 5.69 Å². The normalized spacial score (nSPS) is 16.1. The number of carbonyl (C=O) groups is 1. The van der Waals surface area contributed by atoms with Crippen molar-refractivity contribution < 1.29 is 4.79 Å². The number of fused-ring (bicyclic) bond motifs is 1. The van der Waals surface area contributed by atoms with E-state index in [1.165, 1.54) is 0 Å². The Kier molecular flexibility index (Phi) is 3.41. The molecule has 0 N–H and O–H groups in total. The number of hydrogen-bond donors (Lipinski definition) is 0. The first-order chi connectivity index (χ1) is 9.15. The molecule has 0 radical (unpaired) electrons. The lowest BCUT2D eigenvalue weighted by atomic mass is 10.1. The highest BCUT2D eigenvalue weighted by atomic mass is 79.9. The highest BCUT2D eigenvalue weighted by Crippen LogP contribution is 2.25. The lowest BCUT2D eigenvalue weighted by Gasteiger charge is -2.27. The Morgan fingerprint density at radius 1 is 1.16 bits per heavy atom. The van der Waals surface area contributed by atoms with Gasteiger partial charge in [-0.15, -0.1) is 11.3 Å². The summed E-state index contributed by atoms with van der Waals surface area (Å²) in [5, 5.41) is 2.66. The summed E-state index contributed by atoms with van der Waals surface area (Å²) in [7, 11) is 0. The molecule has 5 heteroatoms. The van der Waals surface area contributed by atoms with Crippen molar-refractivity contribution in [3.8, 4) is 0 Å². The number of ketones is 1. The average molecular weight is 338 g/mol. The molecule has 1 saturated heterocycles. The van der Waals surface area contributed by atoms with Crippen LogP contribution in [0.1, 0.15) is 12.8 Å². The van der Waals surface area contributed by atoms with E-state index in [0.29, 0.717) is 25.9 Å². The van der Waals surface area contributed by atoms with Crippen molar-refractivity contribution >= 4 is 48.8 Å². The summed E-state index contributed by atoms with van der Waals surface area (Å²) in [6.07, 6.45) is 1.08. The number of benzene rings is 1. The van der Waals surface area contributed by atoms with Gasteiger partial charge in [0.15, 0.2) is 0 Å². The molecular formula is C14H12BrNO2S. The monoisotopic (exact) mass is 337 g/mol. The highest BCUT2D eigenvalue weighted by molar-refractivity contribution is 9.10. The summed E-state index contributed by atoms with van der Waals surface area (Å²) in [4.78, 5) is 25.8. The second kappa shape index (κ2) is 5.06. The molecule has 0 amide bonds. The number of anilines is 1. The fourth-order valence-corrected chi connectivity index (χ4v) is 3.59. The molecule has 0 bridgehead atoms. The topological polar surface area (TPSA) is 37.4 Å². The Hall–Kier alpha value is -1.20. The van der Waals surface area contributed by atoms with Crippen molar-refractivity contribution in [2.24, 2.45) is 0 Å². The highest BCUT2D eigenvalue weighted by Gasteiger charge is 2.19. The van der Waals surface area contributed by atoms with Gasteiger partial charge in [0.25, 0.3) is 0 Å². The maximum absolute atomic E-state index is 12.5. The Morgan fingerprint density at radius 3 is 2.63 bits per heavy atom. The minimum Gasteiger partial charge on any atom is -0.367 e. The van der Waals surface area contributed by atoms with Gasteiger partial charge >= 0.3 is 0 Å². The van der Waals surface area contributed by atoms with Crippen LogP contribution in [0.3, 0.4) is 0 Å². The first-order valence-corrected chi connectivity index (χ1v) is 7.80. The third-order valence-corrected chi connectivity index (χ3v) is 4.82. The number of carbonyl (C=O) groups excluding carboxylic acids is 1. The van der Waals surface area contributed by atoms with Crippen molar-refractivity contribution in [1.29, 1.82) is 0 Å². The molecule has 0 saturated carbocycles. The molecule has 3 rings (SSSR count). The first-order valence-electron chi connectivity index (χ1n) is 6.13. The molecule has 0 unspecified atom stereocenters. The van der Waals surface area contributed by atoms with E-state index in [1.807, 2.05) is 28.5 Å². The average Bonchev–Trinajstić information content (AvgIpc) is 2.41. The largest absolute Gasteiger partial charge is 0.367 e. The minimum absolute atomic E-state index is 0.0596. The maximum atomic E-state index is 12.5. The molecule has 1 fully saturated rings. The molecule has 3 nitrogen and oxygen atoms in total. The van der Waals surface area contributed by atoms with Gasteiger partial charge in [0.2, 0.25) is 5.43 Å². The number of halogens is 1. The van der Waals surface area contributed by atoms with Gasteiger partial charge in [-0.3, -0.25) is 9.59 Å². The number of nitrogens with zero attached hydrogens (tertiary/aromatic N) is 1. The fourth-order valence-electron chi connectivity index (χ4n) is 2.31. The molecule has 2 aromatic rings. The molecule has 0 atom stereocenters. The molecular weight excluding hydrogens is 326 g/mol. The SMILES string of the molecule is O=C1CCN(c2csc3ccc(Br)cc3c2=O)CC1. The van der Waals surface area contributed by atoms with Gasteiger partial charge < -0.3 is 4.90 Å². The molecule has 0 spiro atoms. The molecule has 1 aromatic heterocycles. The Bertz CT molecular complexity index is 700. The molecule has 98 valence electrons. The molecule has 19 heavy (non-hydrogen) atoms. The van der Waals surface area contributed by atoms with E-state index in [1.54, 1.807) is 11.3 Å². The van der Waals surface area contributed by atoms with Crippen LogP contribution < -0.4 is 10.3 Å². The van der Waals surface area contributed by atoms with E-state index in [2.05, 4.69) is 15.9 Å². The summed E-state index contributed by atoms with van der Waals surface area (Å²) >= 11 is 4.98. The third kappa shape index (κ3) is 2.44. The number of piperidine rings is 1. The van der Waals surface area contributed by atoms with E-state index in [4.69, 9.17) is 0 Å². The Balaban J connectivity index is 2.07. The minimum atomic E-state index is 0.0596. The van der Waals surface area contributed by atoms with E-state index in [9.17, 15) is 9.59 Å². The molecule has 1 aromatic carbocycles. The van der Waals surface area contributed by atoms with Crippen LogP contribution in [0.25, 0.3) is 10.1 Å². The predicted octanol–water partition coefficient (Wildman–Crippen LogP) is 3.19. The van der Waals surface area contributed by atoms with Gasteiger partial charge in [-0.1, -0.05) is 15.9 Å². The Labute approximate surface area is 123 Å². The first kappa shape index (κ1) is 12.8. The zero-order valence-corrected chi connectivity index (χ0v) is 12.6. The summed E-state index contributed by atoms with van der Waals surface area (Å²) in [5.41, 5.74) is 0.785. The van der Waals surface area contributed by atoms with Crippen LogP contribution in [0.5, 0.6) is 0 Å². The molecule has 2 heterocycles. The Morgan fingerprint density at radius 2 is 1.89 bits per heavy atom. The molecule has 1 aliphatic heterocycles. The van der Waals surface area contributed by atoms with Gasteiger partial charge in [0, 0.05) is 45.9 Å². The van der Waals surface area contributed by atoms with Crippen LogP contribution in [0, 0.1) is 0 Å². The summed E-state index contributed by atoms with van der Waals surface area (Å²) < 4.78 is 1.90. The van der Waals surface area contributed by atoms with Gasteiger partial charge in [0.1, 0.15) is 5.78 Å². The summed E-state index contributed by atoms with van der Waals surface area (Å²) in [6.45, 7) is 1.31. The van der Waals surface area contributed by atoms with Crippen LogP contribution in [-0.2, 0) is 4.79 Å². The molecule has 1 aliphatic rings. The summed E-state index contributed by atoms with van der Waals surface area (Å²) in [6, 6.07) is 5.76. The zero-order chi connectivity index (χ0) is 13.4. The van der Waals surface area contributed by atoms with Crippen molar-refractivity contribution in [3.63, 3.8) is 0 Å². The van der Waals surface area contributed by atoms with E-state index in [0.717, 1.165) is 20.2 Å². The maximum Gasteiger partial charge on any atom is 0.211 e.